The van der Waals surface area contributed by atoms with E-state index in [9.17, 15) is 0 Å². The molecule has 1 aliphatic carbocycles. The molecule has 0 spiro atoms. The smallest absolute Gasteiger partial charge is 0.165 e. The Morgan fingerprint density at radius 3 is 2.11 bits per heavy atom. The van der Waals surface area contributed by atoms with Gasteiger partial charge in [-0.05, 0) is 51.7 Å². The summed E-state index contributed by atoms with van der Waals surface area (Å²) in [6.45, 7) is 0. The van der Waals surface area contributed by atoms with E-state index < -0.39 is 0 Å². The van der Waals surface area contributed by atoms with Gasteiger partial charge < -0.3 is 4.42 Å². The largest absolute Gasteiger partial charge is 0.456 e. The molecule has 0 saturated heterocycles. The molecule has 4 heteroatoms. The predicted molar refractivity (Wildman–Crippen MR) is 189 cm³/mol. The fourth-order valence-corrected chi connectivity index (χ4v) is 7.83. The van der Waals surface area contributed by atoms with Crippen molar-refractivity contribution in [3.05, 3.63) is 140 Å². The van der Waals surface area contributed by atoms with Crippen molar-refractivity contribution in [2.75, 3.05) is 0 Å². The summed E-state index contributed by atoms with van der Waals surface area (Å²) in [5.74, 6) is 0.803. The fourth-order valence-electron chi connectivity index (χ4n) is 7.83. The van der Waals surface area contributed by atoms with E-state index in [0.717, 1.165) is 61.1 Å². The normalized spacial score (nSPS) is 12.3. The number of hydrogen-bond donors (Lipinski definition) is 0. The molecule has 212 valence electrons. The highest BCUT2D eigenvalue weighted by molar-refractivity contribution is 6.35. The third kappa shape index (κ3) is 3.03. The highest BCUT2D eigenvalue weighted by atomic mass is 16.3. The van der Waals surface area contributed by atoms with Crippen molar-refractivity contribution in [1.82, 2.24) is 14.5 Å². The Hall–Kier alpha value is -6.26. The monoisotopic (exact) mass is 585 g/mol. The van der Waals surface area contributed by atoms with Gasteiger partial charge in [0.2, 0.25) is 0 Å². The summed E-state index contributed by atoms with van der Waals surface area (Å²) in [6, 6.07) is 49.2. The van der Waals surface area contributed by atoms with Crippen molar-refractivity contribution in [3.8, 4) is 39.3 Å². The molecule has 0 bridgehead atoms. The Morgan fingerprint density at radius 1 is 0.478 bits per heavy atom. The molecule has 4 nitrogen and oxygen atoms in total. The molecule has 0 aliphatic heterocycles. The van der Waals surface area contributed by atoms with Crippen LogP contribution in [0.2, 0.25) is 0 Å². The lowest BCUT2D eigenvalue weighted by Gasteiger charge is -2.16. The van der Waals surface area contributed by atoms with Gasteiger partial charge in [-0.15, -0.1) is 0 Å². The number of hydrogen-bond acceptors (Lipinski definition) is 3. The summed E-state index contributed by atoms with van der Waals surface area (Å²) in [5, 5.41) is 7.20. The summed E-state index contributed by atoms with van der Waals surface area (Å²) in [7, 11) is 0. The second kappa shape index (κ2) is 8.68. The average molecular weight is 586 g/mol. The number of furan rings is 1. The average Bonchev–Trinajstić information content (AvgIpc) is 3.61. The Bertz CT molecular complexity index is 2910. The van der Waals surface area contributed by atoms with Gasteiger partial charge in [0.05, 0.1) is 22.1 Å². The summed E-state index contributed by atoms with van der Waals surface area (Å²) in [5.41, 5.74) is 12.4. The van der Waals surface area contributed by atoms with Gasteiger partial charge >= 0.3 is 0 Å². The SMILES string of the molecule is c1ccc(-c2nc3ccccc3nc2-n2c3cc4oc5ccccc5c4c4c3c3c5c(cccc5ccc32)-c2ccccc2-4)cc1. The van der Waals surface area contributed by atoms with Crippen LogP contribution in [-0.2, 0) is 0 Å². The van der Waals surface area contributed by atoms with E-state index in [4.69, 9.17) is 14.4 Å². The minimum atomic E-state index is 0.803. The molecule has 0 amide bonds. The van der Waals surface area contributed by atoms with Gasteiger partial charge in [-0.2, -0.15) is 0 Å². The summed E-state index contributed by atoms with van der Waals surface area (Å²) >= 11 is 0. The molecule has 0 fully saturated rings. The van der Waals surface area contributed by atoms with Gasteiger partial charge in [0.1, 0.15) is 16.9 Å². The Labute approximate surface area is 262 Å². The van der Waals surface area contributed by atoms with Crippen molar-refractivity contribution in [1.29, 1.82) is 0 Å². The zero-order valence-electron chi connectivity index (χ0n) is 24.5. The Balaban J connectivity index is 1.44. The van der Waals surface area contributed by atoms with Crippen LogP contribution in [0.3, 0.4) is 0 Å². The van der Waals surface area contributed by atoms with Crippen LogP contribution in [0.1, 0.15) is 0 Å². The van der Waals surface area contributed by atoms with Crippen LogP contribution < -0.4 is 0 Å². The molecule has 0 unspecified atom stereocenters. The molecule has 0 N–H and O–H groups in total. The van der Waals surface area contributed by atoms with Gasteiger partial charge in [0.15, 0.2) is 5.82 Å². The second-order valence-corrected chi connectivity index (χ2v) is 12.1. The van der Waals surface area contributed by atoms with Crippen LogP contribution in [0.15, 0.2) is 144 Å². The van der Waals surface area contributed by atoms with E-state index >= 15 is 0 Å². The lowest BCUT2D eigenvalue weighted by molar-refractivity contribution is 0.669. The first kappa shape index (κ1) is 24.1. The van der Waals surface area contributed by atoms with E-state index in [0.29, 0.717) is 0 Å². The maximum absolute atomic E-state index is 6.66. The van der Waals surface area contributed by atoms with E-state index in [1.165, 1.54) is 43.8 Å². The van der Waals surface area contributed by atoms with Crippen LogP contribution in [0.5, 0.6) is 0 Å². The van der Waals surface area contributed by atoms with Gasteiger partial charge in [0.25, 0.3) is 0 Å². The zero-order chi connectivity index (χ0) is 29.9. The molecule has 46 heavy (non-hydrogen) atoms. The molecule has 0 atom stereocenters. The molecule has 7 aromatic carbocycles. The van der Waals surface area contributed by atoms with Crippen LogP contribution >= 0.6 is 0 Å². The van der Waals surface area contributed by atoms with Crippen molar-refractivity contribution in [2.24, 2.45) is 0 Å². The molecular formula is C42H23N3O. The fraction of sp³-hybridized carbons (Fsp3) is 0. The summed E-state index contributed by atoms with van der Waals surface area (Å²) in [6.07, 6.45) is 0. The number of nitrogens with zero attached hydrogens (tertiary/aromatic N) is 3. The molecule has 0 saturated carbocycles. The minimum absolute atomic E-state index is 0.803. The van der Waals surface area contributed by atoms with E-state index in [2.05, 4.69) is 108 Å². The molecule has 0 radical (unpaired) electrons. The first-order valence-corrected chi connectivity index (χ1v) is 15.6. The Morgan fingerprint density at radius 2 is 1.22 bits per heavy atom. The molecule has 3 aromatic heterocycles. The number of aromatic nitrogens is 3. The molecular weight excluding hydrogens is 562 g/mol. The van der Waals surface area contributed by atoms with Crippen molar-refractivity contribution in [2.45, 2.75) is 0 Å². The quantitative estimate of drug-likeness (QED) is 0.203. The van der Waals surface area contributed by atoms with Crippen LogP contribution in [0.4, 0.5) is 0 Å². The zero-order valence-corrected chi connectivity index (χ0v) is 24.5. The standard InChI is InChI=1S/C42H23N3O/c1-2-11-25(12-3-1)41-42(44-31-19-8-7-18-30(31)43-41)45-32-22-21-24-13-10-17-27-26-14-4-5-15-28(26)38-37-29-16-6-9-20-34(29)46-35(37)23-33(45)40(38)39(32)36(24)27/h1-23H. The van der Waals surface area contributed by atoms with Crippen LogP contribution in [0.25, 0.3) is 105 Å². The summed E-state index contributed by atoms with van der Waals surface area (Å²) < 4.78 is 8.99. The number of fused-ring (bicyclic) bond motifs is 8. The first-order valence-electron chi connectivity index (χ1n) is 15.6. The van der Waals surface area contributed by atoms with E-state index in [-0.39, 0.29) is 0 Å². The van der Waals surface area contributed by atoms with Crippen molar-refractivity contribution in [3.63, 3.8) is 0 Å². The predicted octanol–water partition coefficient (Wildman–Crippen LogP) is 11.1. The van der Waals surface area contributed by atoms with Crippen molar-refractivity contribution < 1.29 is 4.42 Å². The van der Waals surface area contributed by atoms with Crippen molar-refractivity contribution >= 4 is 65.6 Å². The molecule has 11 rings (SSSR count). The molecule has 3 heterocycles. The lowest BCUT2D eigenvalue weighted by Crippen LogP contribution is -2.04. The van der Waals surface area contributed by atoms with Gasteiger partial charge in [0, 0.05) is 38.7 Å². The summed E-state index contributed by atoms with van der Waals surface area (Å²) in [4.78, 5) is 10.6. The maximum atomic E-state index is 6.66. The lowest BCUT2D eigenvalue weighted by atomic mass is 9.91. The van der Waals surface area contributed by atoms with Gasteiger partial charge in [-0.1, -0.05) is 109 Å². The number of benzene rings is 7. The van der Waals surface area contributed by atoms with Gasteiger partial charge in [-0.25, -0.2) is 9.97 Å². The van der Waals surface area contributed by atoms with Crippen LogP contribution in [0, 0.1) is 0 Å². The highest BCUT2D eigenvalue weighted by Crippen LogP contribution is 2.53. The van der Waals surface area contributed by atoms with E-state index in [1.54, 1.807) is 0 Å². The second-order valence-electron chi connectivity index (χ2n) is 12.1. The number of para-hydroxylation sites is 3. The highest BCUT2D eigenvalue weighted by Gasteiger charge is 2.29. The third-order valence-electron chi connectivity index (χ3n) is 9.70. The first-order chi connectivity index (χ1) is 22.8. The van der Waals surface area contributed by atoms with E-state index in [1.807, 2.05) is 36.4 Å². The maximum Gasteiger partial charge on any atom is 0.165 e. The number of rotatable bonds is 2. The minimum Gasteiger partial charge on any atom is -0.456 e. The van der Waals surface area contributed by atoms with Gasteiger partial charge in [-0.3, -0.25) is 4.57 Å². The molecule has 1 aliphatic rings. The topological polar surface area (TPSA) is 43.9 Å². The Kier molecular flexibility index (Phi) is 4.55. The van der Waals surface area contributed by atoms with Crippen LogP contribution in [-0.4, -0.2) is 14.5 Å². The molecule has 10 aromatic rings. The third-order valence-corrected chi connectivity index (χ3v) is 9.70.